The molecule has 0 radical (unpaired) electrons. The predicted octanol–water partition coefficient (Wildman–Crippen LogP) is 3.30. The van der Waals surface area contributed by atoms with Gasteiger partial charge in [-0.15, -0.1) is 0 Å². The van der Waals surface area contributed by atoms with Crippen LogP contribution < -0.4 is 0 Å². The van der Waals surface area contributed by atoms with Crippen LogP contribution in [0.2, 0.25) is 0 Å². The van der Waals surface area contributed by atoms with Gasteiger partial charge in [0.15, 0.2) is 0 Å². The Morgan fingerprint density at radius 2 is 1.83 bits per heavy atom. The minimum atomic E-state index is 0.248. The molecule has 2 aliphatic rings. The second kappa shape index (κ2) is 6.38. The van der Waals surface area contributed by atoms with Crippen molar-refractivity contribution in [3.05, 3.63) is 0 Å². The van der Waals surface area contributed by atoms with Crippen molar-refractivity contribution in [3.8, 4) is 0 Å². The lowest BCUT2D eigenvalue weighted by atomic mass is 9.86. The Labute approximate surface area is 113 Å². The molecular formula is C16H31NO. The second-order valence-electron chi connectivity index (χ2n) is 7.08. The summed E-state index contributed by atoms with van der Waals surface area (Å²) < 4.78 is 0. The van der Waals surface area contributed by atoms with E-state index in [1.54, 1.807) is 0 Å². The first-order valence-corrected chi connectivity index (χ1v) is 7.98. The maximum absolute atomic E-state index is 9.73. The molecule has 0 spiro atoms. The van der Waals surface area contributed by atoms with E-state index in [0.717, 1.165) is 18.4 Å². The van der Waals surface area contributed by atoms with Crippen LogP contribution >= 0.6 is 0 Å². The van der Waals surface area contributed by atoms with Crippen LogP contribution in [0.5, 0.6) is 0 Å². The number of aliphatic hydroxyl groups excluding tert-OH is 1. The highest BCUT2D eigenvalue weighted by atomic mass is 16.3. The van der Waals surface area contributed by atoms with Crippen molar-refractivity contribution in [1.82, 2.24) is 4.90 Å². The van der Waals surface area contributed by atoms with E-state index in [4.69, 9.17) is 0 Å². The molecule has 2 heteroatoms. The second-order valence-corrected chi connectivity index (χ2v) is 7.08. The Balaban J connectivity index is 1.86. The van der Waals surface area contributed by atoms with Crippen molar-refractivity contribution in [3.63, 3.8) is 0 Å². The molecule has 1 atom stereocenters. The molecule has 2 nitrogen and oxygen atoms in total. The molecule has 18 heavy (non-hydrogen) atoms. The molecule has 1 saturated heterocycles. The highest BCUT2D eigenvalue weighted by molar-refractivity contribution is 4.88. The maximum atomic E-state index is 9.73. The highest BCUT2D eigenvalue weighted by Crippen LogP contribution is 2.39. The number of aliphatic hydroxyl groups is 1. The quantitative estimate of drug-likeness (QED) is 0.831. The fourth-order valence-electron chi connectivity index (χ4n) is 3.97. The summed E-state index contributed by atoms with van der Waals surface area (Å²) in [5, 5.41) is 9.73. The highest BCUT2D eigenvalue weighted by Gasteiger charge is 2.35. The zero-order chi connectivity index (χ0) is 13.0. The minimum Gasteiger partial charge on any atom is -0.396 e. The number of hydrogen-bond donors (Lipinski definition) is 1. The third kappa shape index (κ3) is 3.48. The molecule has 1 N–H and O–H groups in total. The van der Waals surface area contributed by atoms with Crippen molar-refractivity contribution in [2.24, 2.45) is 17.3 Å². The Kier molecular flexibility index (Phi) is 5.08. The molecule has 2 fully saturated rings. The van der Waals surface area contributed by atoms with Crippen LogP contribution in [0.25, 0.3) is 0 Å². The van der Waals surface area contributed by atoms with Gasteiger partial charge in [0.2, 0.25) is 0 Å². The monoisotopic (exact) mass is 253 g/mol. The van der Waals surface area contributed by atoms with Gasteiger partial charge in [-0.05, 0) is 57.0 Å². The molecular weight excluding hydrogens is 222 g/mol. The maximum Gasteiger partial charge on any atom is 0.0499 e. The Morgan fingerprint density at radius 3 is 2.44 bits per heavy atom. The standard InChI is InChI=1S/C16H31NO/c1-14(2)15-6-5-10-17(11-7-15)12-16(13-18)8-3-4-9-16/h14-15,18H,3-13H2,1-2H3. The summed E-state index contributed by atoms with van der Waals surface area (Å²) in [6, 6.07) is 0. The largest absolute Gasteiger partial charge is 0.396 e. The fourth-order valence-corrected chi connectivity index (χ4v) is 3.97. The third-order valence-electron chi connectivity index (χ3n) is 5.37. The molecule has 106 valence electrons. The first-order valence-electron chi connectivity index (χ1n) is 7.98. The van der Waals surface area contributed by atoms with Crippen molar-refractivity contribution in [2.75, 3.05) is 26.2 Å². The van der Waals surface area contributed by atoms with E-state index < -0.39 is 0 Å². The van der Waals surface area contributed by atoms with Gasteiger partial charge in [0, 0.05) is 18.6 Å². The topological polar surface area (TPSA) is 23.5 Å². The molecule has 1 saturated carbocycles. The van der Waals surface area contributed by atoms with Crippen molar-refractivity contribution in [1.29, 1.82) is 0 Å². The van der Waals surface area contributed by atoms with Gasteiger partial charge >= 0.3 is 0 Å². The molecule has 0 aromatic carbocycles. The summed E-state index contributed by atoms with van der Waals surface area (Å²) in [7, 11) is 0. The van der Waals surface area contributed by atoms with E-state index in [0.29, 0.717) is 6.61 Å². The summed E-state index contributed by atoms with van der Waals surface area (Å²) >= 11 is 0. The molecule has 1 unspecified atom stereocenters. The van der Waals surface area contributed by atoms with Gasteiger partial charge in [0.25, 0.3) is 0 Å². The van der Waals surface area contributed by atoms with Crippen LogP contribution in [0, 0.1) is 17.3 Å². The van der Waals surface area contributed by atoms with E-state index in [-0.39, 0.29) is 5.41 Å². The summed E-state index contributed by atoms with van der Waals surface area (Å²) in [4.78, 5) is 2.64. The van der Waals surface area contributed by atoms with Gasteiger partial charge in [-0.3, -0.25) is 0 Å². The van der Waals surface area contributed by atoms with Crippen LogP contribution in [-0.2, 0) is 0 Å². The summed E-state index contributed by atoms with van der Waals surface area (Å²) in [5.74, 6) is 1.76. The number of likely N-dealkylation sites (tertiary alicyclic amines) is 1. The Bertz CT molecular complexity index is 245. The van der Waals surface area contributed by atoms with Crippen molar-refractivity contribution in [2.45, 2.75) is 58.8 Å². The van der Waals surface area contributed by atoms with Crippen LogP contribution in [0.15, 0.2) is 0 Å². The van der Waals surface area contributed by atoms with Gasteiger partial charge in [0.05, 0.1) is 0 Å². The van der Waals surface area contributed by atoms with E-state index in [1.807, 2.05) is 0 Å². The summed E-state index contributed by atoms with van der Waals surface area (Å²) in [6.07, 6.45) is 9.25. The van der Waals surface area contributed by atoms with Gasteiger partial charge in [-0.25, -0.2) is 0 Å². The molecule has 1 heterocycles. The van der Waals surface area contributed by atoms with Crippen LogP contribution in [0.1, 0.15) is 58.8 Å². The fraction of sp³-hybridized carbons (Fsp3) is 1.00. The van der Waals surface area contributed by atoms with Gasteiger partial charge in [-0.2, -0.15) is 0 Å². The molecule has 0 amide bonds. The normalized spacial score (nSPS) is 29.7. The molecule has 1 aliphatic carbocycles. The number of hydrogen-bond acceptors (Lipinski definition) is 2. The number of nitrogens with zero attached hydrogens (tertiary/aromatic N) is 1. The zero-order valence-electron chi connectivity index (χ0n) is 12.3. The molecule has 0 bridgehead atoms. The molecule has 0 aromatic rings. The van der Waals surface area contributed by atoms with Gasteiger partial charge in [0.1, 0.15) is 0 Å². The van der Waals surface area contributed by atoms with E-state index in [2.05, 4.69) is 18.7 Å². The first-order chi connectivity index (χ1) is 8.65. The van der Waals surface area contributed by atoms with Crippen molar-refractivity contribution >= 4 is 0 Å². The summed E-state index contributed by atoms with van der Waals surface area (Å²) in [6.45, 7) is 8.79. The zero-order valence-corrected chi connectivity index (χ0v) is 12.3. The lowest BCUT2D eigenvalue weighted by molar-refractivity contribution is 0.0790. The lowest BCUT2D eigenvalue weighted by Gasteiger charge is -2.33. The molecule has 0 aromatic heterocycles. The Hall–Kier alpha value is -0.0800. The van der Waals surface area contributed by atoms with Crippen LogP contribution in [-0.4, -0.2) is 36.2 Å². The van der Waals surface area contributed by atoms with Crippen molar-refractivity contribution < 1.29 is 5.11 Å². The van der Waals surface area contributed by atoms with E-state index in [1.165, 1.54) is 58.0 Å². The van der Waals surface area contributed by atoms with E-state index in [9.17, 15) is 5.11 Å². The lowest BCUT2D eigenvalue weighted by Crippen LogP contribution is -2.39. The molecule has 2 rings (SSSR count). The molecule has 1 aliphatic heterocycles. The first kappa shape index (κ1) is 14.3. The van der Waals surface area contributed by atoms with Crippen LogP contribution in [0.4, 0.5) is 0 Å². The third-order valence-corrected chi connectivity index (χ3v) is 5.37. The van der Waals surface area contributed by atoms with Gasteiger partial charge < -0.3 is 10.0 Å². The van der Waals surface area contributed by atoms with E-state index >= 15 is 0 Å². The average Bonchev–Trinajstić information content (AvgIpc) is 2.69. The average molecular weight is 253 g/mol. The Morgan fingerprint density at radius 1 is 1.11 bits per heavy atom. The minimum absolute atomic E-state index is 0.248. The summed E-state index contributed by atoms with van der Waals surface area (Å²) in [5.41, 5.74) is 0.248. The smallest absolute Gasteiger partial charge is 0.0499 e. The number of rotatable bonds is 4. The van der Waals surface area contributed by atoms with Crippen LogP contribution in [0.3, 0.4) is 0 Å². The predicted molar refractivity (Wildman–Crippen MR) is 76.6 cm³/mol. The SMILES string of the molecule is CC(C)C1CCCN(CC2(CO)CCCC2)CC1. The van der Waals surface area contributed by atoms with Gasteiger partial charge in [-0.1, -0.05) is 26.7 Å².